The lowest BCUT2D eigenvalue weighted by Gasteiger charge is -2.30. The van der Waals surface area contributed by atoms with Crippen LogP contribution in [0.2, 0.25) is 0 Å². The van der Waals surface area contributed by atoms with E-state index in [-0.39, 0.29) is 0 Å². The van der Waals surface area contributed by atoms with Crippen LogP contribution in [0.3, 0.4) is 0 Å². The van der Waals surface area contributed by atoms with Gasteiger partial charge in [0.05, 0.1) is 0 Å². The largest absolute Gasteiger partial charge is 0.330 e. The Labute approximate surface area is 83.0 Å². The Morgan fingerprint density at radius 1 is 1.46 bits per heavy atom. The Morgan fingerprint density at radius 2 is 2.31 bits per heavy atom. The standard InChI is InChI=1S/C11H15NS/c12-7-9-10-8(2-6-13-10)1-3-11(9)4-5-11/h2,6,9H,1,3-5,7,12H2. The lowest BCUT2D eigenvalue weighted by molar-refractivity contribution is 0.358. The molecule has 2 aliphatic rings. The molecule has 0 aliphatic heterocycles. The molecule has 1 nitrogen and oxygen atoms in total. The second kappa shape index (κ2) is 2.58. The highest BCUT2D eigenvalue weighted by Crippen LogP contribution is 2.62. The first-order valence-corrected chi connectivity index (χ1v) is 6.00. The van der Waals surface area contributed by atoms with Crippen LogP contribution >= 0.6 is 11.3 Å². The van der Waals surface area contributed by atoms with Crippen LogP contribution < -0.4 is 5.73 Å². The van der Waals surface area contributed by atoms with Crippen LogP contribution in [0.15, 0.2) is 11.4 Å². The van der Waals surface area contributed by atoms with E-state index in [1.165, 1.54) is 25.7 Å². The van der Waals surface area contributed by atoms with Gasteiger partial charge in [0.1, 0.15) is 0 Å². The fourth-order valence-corrected chi connectivity index (χ4v) is 4.02. The summed E-state index contributed by atoms with van der Waals surface area (Å²) in [5.41, 5.74) is 8.13. The predicted octanol–water partition coefficient (Wildman–Crippen LogP) is 2.52. The molecule has 1 aromatic heterocycles. The third-order valence-corrected chi connectivity index (χ3v) is 4.93. The summed E-state index contributed by atoms with van der Waals surface area (Å²) < 4.78 is 0. The van der Waals surface area contributed by atoms with Crippen molar-refractivity contribution in [1.82, 2.24) is 0 Å². The van der Waals surface area contributed by atoms with Crippen molar-refractivity contribution in [3.63, 3.8) is 0 Å². The van der Waals surface area contributed by atoms with Gasteiger partial charge in [0.25, 0.3) is 0 Å². The van der Waals surface area contributed by atoms with E-state index in [9.17, 15) is 0 Å². The smallest absolute Gasteiger partial charge is 0.0126 e. The number of nitrogens with two attached hydrogens (primary N) is 1. The fraction of sp³-hybridized carbons (Fsp3) is 0.636. The molecular weight excluding hydrogens is 178 g/mol. The van der Waals surface area contributed by atoms with Crippen LogP contribution in [-0.2, 0) is 6.42 Å². The molecule has 1 aromatic rings. The molecule has 1 saturated carbocycles. The van der Waals surface area contributed by atoms with Crippen LogP contribution in [0.4, 0.5) is 0 Å². The van der Waals surface area contributed by atoms with Gasteiger partial charge in [-0.1, -0.05) is 0 Å². The minimum atomic E-state index is 0.645. The van der Waals surface area contributed by atoms with E-state index in [0.717, 1.165) is 6.54 Å². The van der Waals surface area contributed by atoms with Gasteiger partial charge in [0, 0.05) is 17.3 Å². The normalized spacial score (nSPS) is 28.8. The Kier molecular flexibility index (Phi) is 1.59. The van der Waals surface area contributed by atoms with Crippen LogP contribution in [-0.4, -0.2) is 6.54 Å². The average Bonchev–Trinajstić information content (AvgIpc) is 2.76. The Bertz CT molecular complexity index is 325. The molecule has 2 heteroatoms. The van der Waals surface area contributed by atoms with Crippen molar-refractivity contribution < 1.29 is 0 Å². The predicted molar refractivity (Wildman–Crippen MR) is 56.1 cm³/mol. The Hall–Kier alpha value is -0.340. The fourth-order valence-electron chi connectivity index (χ4n) is 2.81. The van der Waals surface area contributed by atoms with Crippen LogP contribution in [0.5, 0.6) is 0 Å². The highest BCUT2D eigenvalue weighted by atomic mass is 32.1. The third-order valence-electron chi connectivity index (χ3n) is 3.86. The lowest BCUT2D eigenvalue weighted by atomic mass is 9.77. The van der Waals surface area contributed by atoms with Crippen molar-refractivity contribution in [2.45, 2.75) is 31.6 Å². The van der Waals surface area contributed by atoms with Crippen molar-refractivity contribution in [3.05, 3.63) is 21.9 Å². The maximum Gasteiger partial charge on any atom is 0.0126 e. The summed E-state index contributed by atoms with van der Waals surface area (Å²) >= 11 is 1.92. The summed E-state index contributed by atoms with van der Waals surface area (Å²) in [5.74, 6) is 0.691. The molecule has 3 rings (SSSR count). The van der Waals surface area contributed by atoms with Crippen LogP contribution in [0.1, 0.15) is 35.6 Å². The zero-order valence-electron chi connectivity index (χ0n) is 7.75. The highest BCUT2D eigenvalue weighted by Gasteiger charge is 2.51. The summed E-state index contributed by atoms with van der Waals surface area (Å²) in [4.78, 5) is 1.60. The number of hydrogen-bond acceptors (Lipinski definition) is 2. The van der Waals surface area contributed by atoms with E-state index in [4.69, 9.17) is 5.73 Å². The minimum absolute atomic E-state index is 0.645. The minimum Gasteiger partial charge on any atom is -0.330 e. The molecule has 2 N–H and O–H groups in total. The number of thiophene rings is 1. The first kappa shape index (κ1) is 8.01. The zero-order chi connectivity index (χ0) is 8.89. The zero-order valence-corrected chi connectivity index (χ0v) is 8.57. The van der Waals surface area contributed by atoms with Gasteiger partial charge >= 0.3 is 0 Å². The topological polar surface area (TPSA) is 26.0 Å². The second-order valence-corrected chi connectivity index (χ2v) is 5.41. The van der Waals surface area contributed by atoms with Crippen molar-refractivity contribution in [1.29, 1.82) is 0 Å². The van der Waals surface area contributed by atoms with Crippen molar-refractivity contribution in [3.8, 4) is 0 Å². The van der Waals surface area contributed by atoms with Gasteiger partial charge in [-0.2, -0.15) is 0 Å². The van der Waals surface area contributed by atoms with Crippen LogP contribution in [0.25, 0.3) is 0 Å². The maximum atomic E-state index is 5.90. The summed E-state index contributed by atoms with van der Waals surface area (Å²) in [5, 5.41) is 2.23. The molecule has 1 heterocycles. The number of aryl methyl sites for hydroxylation is 1. The van der Waals surface area contributed by atoms with Gasteiger partial charge in [-0.05, 0) is 48.1 Å². The average molecular weight is 193 g/mol. The molecule has 1 fully saturated rings. The third kappa shape index (κ3) is 1.02. The summed E-state index contributed by atoms with van der Waals surface area (Å²) in [6.07, 6.45) is 5.53. The summed E-state index contributed by atoms with van der Waals surface area (Å²) in [6, 6.07) is 2.29. The molecule has 0 bridgehead atoms. The van der Waals surface area contributed by atoms with Gasteiger partial charge in [-0.3, -0.25) is 0 Å². The van der Waals surface area contributed by atoms with Crippen molar-refractivity contribution in [2.75, 3.05) is 6.54 Å². The molecule has 70 valence electrons. The molecule has 2 aliphatic carbocycles. The quantitative estimate of drug-likeness (QED) is 0.728. The number of fused-ring (bicyclic) bond motifs is 1. The Morgan fingerprint density at radius 3 is 3.00 bits per heavy atom. The van der Waals surface area contributed by atoms with Crippen LogP contribution in [0, 0.1) is 5.41 Å². The van der Waals surface area contributed by atoms with Crippen molar-refractivity contribution >= 4 is 11.3 Å². The second-order valence-electron chi connectivity index (χ2n) is 4.46. The van der Waals surface area contributed by atoms with Crippen molar-refractivity contribution in [2.24, 2.45) is 11.1 Å². The molecule has 0 aromatic carbocycles. The summed E-state index contributed by atoms with van der Waals surface area (Å²) in [7, 11) is 0. The lowest BCUT2D eigenvalue weighted by Crippen LogP contribution is -2.26. The van der Waals surface area contributed by atoms with E-state index in [1.54, 1.807) is 10.4 Å². The van der Waals surface area contributed by atoms with E-state index < -0.39 is 0 Å². The first-order chi connectivity index (χ1) is 6.36. The molecular formula is C11H15NS. The van der Waals surface area contributed by atoms with Gasteiger partial charge in [-0.25, -0.2) is 0 Å². The van der Waals surface area contributed by atoms with E-state index >= 15 is 0 Å². The molecule has 1 atom stereocenters. The summed E-state index contributed by atoms with van der Waals surface area (Å²) in [6.45, 7) is 0.855. The molecule has 1 unspecified atom stereocenters. The van der Waals surface area contributed by atoms with Gasteiger partial charge < -0.3 is 5.73 Å². The molecule has 13 heavy (non-hydrogen) atoms. The first-order valence-electron chi connectivity index (χ1n) is 5.12. The molecule has 1 spiro atoms. The molecule has 0 amide bonds. The number of hydrogen-bond donors (Lipinski definition) is 1. The SMILES string of the molecule is NCC1c2sccc2CCC12CC2. The van der Waals surface area contributed by atoms with E-state index in [2.05, 4.69) is 11.4 Å². The highest BCUT2D eigenvalue weighted by molar-refractivity contribution is 7.10. The van der Waals surface area contributed by atoms with E-state index in [1.807, 2.05) is 11.3 Å². The van der Waals surface area contributed by atoms with E-state index in [0.29, 0.717) is 11.3 Å². The maximum absolute atomic E-state index is 5.90. The monoisotopic (exact) mass is 193 g/mol. The van der Waals surface area contributed by atoms with Gasteiger partial charge in [-0.15, -0.1) is 11.3 Å². The molecule has 0 saturated heterocycles. The molecule has 0 radical (unpaired) electrons. The van der Waals surface area contributed by atoms with Gasteiger partial charge in [0.2, 0.25) is 0 Å². The van der Waals surface area contributed by atoms with Gasteiger partial charge in [0.15, 0.2) is 0 Å². The number of rotatable bonds is 1. The Balaban J connectivity index is 2.04.